The quantitative estimate of drug-likeness (QED) is 0.303. The fourth-order valence-electron chi connectivity index (χ4n) is 6.32. The number of aromatic nitrogens is 3. The molecule has 1 atom stereocenters. The number of piperidine rings is 1. The Balaban J connectivity index is 1.11. The van der Waals surface area contributed by atoms with Crippen molar-refractivity contribution in [2.45, 2.75) is 44.4 Å². The van der Waals surface area contributed by atoms with Gasteiger partial charge in [0.1, 0.15) is 23.4 Å². The van der Waals surface area contributed by atoms with Gasteiger partial charge in [0.2, 0.25) is 0 Å². The first-order valence-corrected chi connectivity index (χ1v) is 14.8. The van der Waals surface area contributed by atoms with E-state index in [4.69, 9.17) is 14.8 Å². The highest BCUT2D eigenvalue weighted by Crippen LogP contribution is 2.29. The maximum atomic E-state index is 13.2. The number of rotatable bonds is 8. The predicted octanol–water partition coefficient (Wildman–Crippen LogP) is 5.25. The number of pyridine rings is 1. The molecule has 2 saturated heterocycles. The van der Waals surface area contributed by atoms with Crippen molar-refractivity contribution in [2.75, 3.05) is 37.6 Å². The first-order chi connectivity index (χ1) is 20.9. The van der Waals surface area contributed by atoms with Gasteiger partial charge in [0.05, 0.1) is 11.2 Å². The number of piperazine rings is 1. The Morgan fingerprint density at radius 1 is 1.00 bits per heavy atom. The van der Waals surface area contributed by atoms with Gasteiger partial charge in [0, 0.05) is 64.5 Å². The largest absolute Gasteiger partial charge is 0.490 e. The molecule has 0 aliphatic carbocycles. The molecule has 0 unspecified atom stereocenters. The molecule has 0 saturated carbocycles. The van der Waals surface area contributed by atoms with E-state index in [1.807, 2.05) is 54.2 Å². The van der Waals surface area contributed by atoms with E-state index in [0.29, 0.717) is 38.3 Å². The van der Waals surface area contributed by atoms with Gasteiger partial charge in [-0.05, 0) is 61.4 Å². The molecule has 4 aromatic rings. The van der Waals surface area contributed by atoms with Crippen LogP contribution in [0.5, 0.6) is 5.75 Å². The molecule has 43 heavy (non-hydrogen) atoms. The van der Waals surface area contributed by atoms with Crippen LogP contribution < -0.4 is 9.64 Å². The summed E-state index contributed by atoms with van der Waals surface area (Å²) in [5.74, 6) is 1.30. The van der Waals surface area contributed by atoms with Crippen LogP contribution in [0.4, 0.5) is 15.0 Å². The maximum Gasteiger partial charge on any atom is 0.407 e. The van der Waals surface area contributed by atoms with Crippen LogP contribution >= 0.6 is 0 Å². The van der Waals surface area contributed by atoms with E-state index >= 15 is 0 Å². The van der Waals surface area contributed by atoms with E-state index in [9.17, 15) is 14.3 Å². The first-order valence-electron chi connectivity index (χ1n) is 14.8. The number of carbonyl (C=O) groups is 1. The Kier molecular flexibility index (Phi) is 8.29. The fraction of sp³-hybridized carbons (Fsp3) is 0.364. The van der Waals surface area contributed by atoms with Crippen molar-refractivity contribution in [3.63, 3.8) is 0 Å². The van der Waals surface area contributed by atoms with Crippen molar-refractivity contribution < 1.29 is 19.0 Å². The Morgan fingerprint density at radius 2 is 1.77 bits per heavy atom. The molecule has 2 fully saturated rings. The van der Waals surface area contributed by atoms with Crippen molar-refractivity contribution in [3.05, 3.63) is 102 Å². The molecule has 6 rings (SSSR count). The number of benzene rings is 2. The summed E-state index contributed by atoms with van der Waals surface area (Å²) in [6.45, 7) is 5.97. The van der Waals surface area contributed by atoms with Crippen LogP contribution in [0.2, 0.25) is 0 Å². The summed E-state index contributed by atoms with van der Waals surface area (Å²) in [7, 11) is 0. The van der Waals surface area contributed by atoms with Gasteiger partial charge in [-0.3, -0.25) is 4.90 Å². The lowest BCUT2D eigenvalue weighted by Gasteiger charge is -2.47. The van der Waals surface area contributed by atoms with Crippen molar-refractivity contribution >= 4 is 11.9 Å². The minimum Gasteiger partial charge on any atom is -0.490 e. The Hall–Kier alpha value is -4.44. The zero-order valence-corrected chi connectivity index (χ0v) is 24.3. The number of hydrogen-bond acceptors (Lipinski definition) is 6. The summed E-state index contributed by atoms with van der Waals surface area (Å²) >= 11 is 0. The van der Waals surface area contributed by atoms with Crippen molar-refractivity contribution in [2.24, 2.45) is 0 Å². The van der Waals surface area contributed by atoms with Gasteiger partial charge >= 0.3 is 6.09 Å². The van der Waals surface area contributed by atoms with Gasteiger partial charge in [0.25, 0.3) is 0 Å². The molecule has 10 heteroatoms. The third-order valence-electron chi connectivity index (χ3n) is 8.42. The molecule has 1 amide bonds. The molecule has 0 spiro atoms. The number of anilines is 1. The van der Waals surface area contributed by atoms with E-state index in [2.05, 4.69) is 21.9 Å². The Morgan fingerprint density at radius 3 is 2.51 bits per heavy atom. The summed E-state index contributed by atoms with van der Waals surface area (Å²) in [6, 6.07) is 22.2. The molecule has 2 aromatic carbocycles. The molecule has 9 nitrogen and oxygen atoms in total. The molecule has 4 heterocycles. The number of nitrogens with zero attached hydrogens (tertiary/aromatic N) is 6. The summed E-state index contributed by atoms with van der Waals surface area (Å²) < 4.78 is 21.2. The van der Waals surface area contributed by atoms with Gasteiger partial charge in [-0.15, -0.1) is 0 Å². The zero-order chi connectivity index (χ0) is 29.8. The van der Waals surface area contributed by atoms with E-state index in [1.165, 1.54) is 12.1 Å². The van der Waals surface area contributed by atoms with Crippen molar-refractivity contribution in [1.82, 2.24) is 24.6 Å². The molecule has 0 bridgehead atoms. The van der Waals surface area contributed by atoms with Crippen LogP contribution in [0.1, 0.15) is 31.0 Å². The average Bonchev–Trinajstić information content (AvgIpc) is 3.47. The van der Waals surface area contributed by atoms with Crippen LogP contribution in [0.25, 0.3) is 5.69 Å². The normalized spacial score (nSPS) is 19.9. The Labute approximate surface area is 251 Å². The smallest absolute Gasteiger partial charge is 0.407 e. The number of ether oxygens (including phenoxy) is 1. The number of hydrogen-bond donors (Lipinski definition) is 1. The average molecular weight is 585 g/mol. The van der Waals surface area contributed by atoms with E-state index in [1.54, 1.807) is 23.2 Å². The molecule has 2 aromatic heterocycles. The summed E-state index contributed by atoms with van der Waals surface area (Å²) in [6.07, 6.45) is 5.28. The molecular formula is C33H37FN6O3. The minimum atomic E-state index is -0.877. The maximum absolute atomic E-state index is 13.2. The van der Waals surface area contributed by atoms with Crippen LogP contribution in [0, 0.1) is 5.82 Å². The summed E-state index contributed by atoms with van der Waals surface area (Å²) in [4.78, 5) is 23.0. The molecular weight excluding hydrogens is 547 g/mol. The number of halogens is 1. The van der Waals surface area contributed by atoms with E-state index in [-0.39, 0.29) is 11.9 Å². The topological polar surface area (TPSA) is 87.0 Å². The second-order valence-electron chi connectivity index (χ2n) is 11.7. The van der Waals surface area contributed by atoms with Crippen molar-refractivity contribution in [3.8, 4) is 11.4 Å². The van der Waals surface area contributed by atoms with Gasteiger partial charge in [-0.1, -0.05) is 30.3 Å². The van der Waals surface area contributed by atoms with Crippen molar-refractivity contribution in [1.29, 1.82) is 0 Å². The van der Waals surface area contributed by atoms with Gasteiger partial charge in [0.15, 0.2) is 5.82 Å². The summed E-state index contributed by atoms with van der Waals surface area (Å²) in [5.41, 5.74) is 2.41. The highest BCUT2D eigenvalue weighted by atomic mass is 19.1. The lowest BCUT2D eigenvalue weighted by molar-refractivity contribution is 0.0127. The van der Waals surface area contributed by atoms with Crippen LogP contribution in [0.15, 0.2) is 85.2 Å². The van der Waals surface area contributed by atoms with E-state index in [0.717, 1.165) is 48.7 Å². The molecule has 2 aliphatic heterocycles. The molecule has 2 aliphatic rings. The highest BCUT2D eigenvalue weighted by molar-refractivity contribution is 5.66. The number of amides is 1. The lowest BCUT2D eigenvalue weighted by Crippen LogP contribution is -2.63. The third-order valence-corrected chi connectivity index (χ3v) is 8.42. The molecule has 1 N–H and O–H groups in total. The zero-order valence-electron chi connectivity index (χ0n) is 24.3. The molecule has 224 valence electrons. The van der Waals surface area contributed by atoms with Gasteiger partial charge in [-0.25, -0.2) is 18.9 Å². The second-order valence-corrected chi connectivity index (χ2v) is 11.7. The third kappa shape index (κ3) is 6.64. The minimum absolute atomic E-state index is 0.0688. The Bertz CT molecular complexity index is 1520. The van der Waals surface area contributed by atoms with Gasteiger partial charge in [-0.2, -0.15) is 5.10 Å². The van der Waals surface area contributed by atoms with Crippen LogP contribution in [0.3, 0.4) is 0 Å². The second kappa shape index (κ2) is 12.4. The number of carboxylic acid groups (broad SMARTS) is 1. The SMILES string of the molecule is C[C@]1(Cc2ccccc2)CN(Cc2ccn(-c3cccnc3N3CCC(Oc4ccc(F)cc4)CC3)n2)CCN1C(=O)O. The van der Waals surface area contributed by atoms with Crippen LogP contribution in [-0.4, -0.2) is 80.1 Å². The highest BCUT2D eigenvalue weighted by Gasteiger charge is 2.40. The van der Waals surface area contributed by atoms with Crippen LogP contribution in [-0.2, 0) is 13.0 Å². The summed E-state index contributed by atoms with van der Waals surface area (Å²) in [5, 5.41) is 14.9. The monoisotopic (exact) mass is 584 g/mol. The fourth-order valence-corrected chi connectivity index (χ4v) is 6.32. The lowest BCUT2D eigenvalue weighted by atomic mass is 9.88. The van der Waals surface area contributed by atoms with Gasteiger partial charge < -0.3 is 19.6 Å². The van der Waals surface area contributed by atoms with E-state index < -0.39 is 11.6 Å². The standard InChI is InChI=1S/C33H37FN6O3/c1-33(22-25-6-3-2-4-7-25)24-37(20-21-39(33)32(41)42)23-27-13-19-40(36-27)30-8-5-16-35-31(30)38-17-14-29(15-18-38)43-28-11-9-26(34)10-12-28/h2-13,16,19,29H,14-15,17-18,20-24H2,1H3,(H,41,42)/t33-/m0/s1. The first kappa shape index (κ1) is 28.7. The predicted molar refractivity (Wildman–Crippen MR) is 162 cm³/mol. The molecule has 0 radical (unpaired) electrons.